The number of aliphatic hydroxyl groups is 1. The molecule has 1 fully saturated rings. The van der Waals surface area contributed by atoms with Crippen molar-refractivity contribution < 1.29 is 28.2 Å². The highest BCUT2D eigenvalue weighted by atomic mass is 19.2. The van der Waals surface area contributed by atoms with Crippen LogP contribution in [0.15, 0.2) is 6.07 Å². The first-order chi connectivity index (χ1) is 9.32. The molecule has 4 nitrogen and oxygen atoms in total. The Morgan fingerprint density at radius 2 is 2.00 bits per heavy atom. The first kappa shape index (κ1) is 14.6. The Hall–Kier alpha value is -1.76. The predicted octanol–water partition coefficient (Wildman–Crippen LogP) is 1.65. The summed E-state index contributed by atoms with van der Waals surface area (Å²) >= 11 is 0. The smallest absolute Gasteiger partial charge is 0.257 e. The summed E-state index contributed by atoms with van der Waals surface area (Å²) in [7, 11) is 0. The van der Waals surface area contributed by atoms with Crippen LogP contribution in [0.1, 0.15) is 23.7 Å². The van der Waals surface area contributed by atoms with Crippen LogP contribution in [0, 0.1) is 23.4 Å². The Kier molecular flexibility index (Phi) is 3.89. The Morgan fingerprint density at radius 1 is 1.35 bits per heavy atom. The Bertz CT molecular complexity index is 550. The molecule has 1 amide bonds. The van der Waals surface area contributed by atoms with Crippen LogP contribution in [0.2, 0.25) is 0 Å². The van der Waals surface area contributed by atoms with Crippen LogP contribution in [0.4, 0.5) is 13.2 Å². The minimum absolute atomic E-state index is 0.180. The number of aromatic hydroxyl groups is 1. The first-order valence-electron chi connectivity index (χ1n) is 6.16. The van der Waals surface area contributed by atoms with Crippen molar-refractivity contribution in [2.45, 2.75) is 19.4 Å². The van der Waals surface area contributed by atoms with E-state index in [9.17, 15) is 23.1 Å². The second-order valence-corrected chi connectivity index (χ2v) is 4.97. The minimum Gasteiger partial charge on any atom is -0.503 e. The number of likely N-dealkylation sites (tertiary alicyclic amines) is 1. The summed E-state index contributed by atoms with van der Waals surface area (Å²) < 4.78 is 39.8. The third-order valence-corrected chi connectivity index (χ3v) is 3.51. The second-order valence-electron chi connectivity index (χ2n) is 4.97. The molecular formula is C13H14F3NO3. The van der Waals surface area contributed by atoms with Gasteiger partial charge >= 0.3 is 0 Å². The van der Waals surface area contributed by atoms with Gasteiger partial charge in [0, 0.05) is 13.1 Å². The lowest BCUT2D eigenvalue weighted by Crippen LogP contribution is -2.45. The number of phenols is 1. The highest BCUT2D eigenvalue weighted by Crippen LogP contribution is 2.28. The SMILES string of the molecule is CC1CN(C(=O)c2cc(F)c(F)c(O)c2F)CCC1O. The summed E-state index contributed by atoms with van der Waals surface area (Å²) in [5.41, 5.74) is -0.718. The van der Waals surface area contributed by atoms with Crippen molar-refractivity contribution in [2.24, 2.45) is 5.92 Å². The fourth-order valence-corrected chi connectivity index (χ4v) is 2.23. The highest BCUT2D eigenvalue weighted by Gasteiger charge is 2.31. The fourth-order valence-electron chi connectivity index (χ4n) is 2.23. The maximum atomic E-state index is 13.7. The van der Waals surface area contributed by atoms with E-state index in [0.717, 1.165) is 0 Å². The van der Waals surface area contributed by atoms with Gasteiger partial charge in [0.1, 0.15) is 0 Å². The molecule has 2 N–H and O–H groups in total. The molecule has 2 atom stereocenters. The molecule has 1 heterocycles. The van der Waals surface area contributed by atoms with Gasteiger partial charge in [0.25, 0.3) is 5.91 Å². The maximum absolute atomic E-state index is 13.7. The van der Waals surface area contributed by atoms with Crippen LogP contribution in [0.25, 0.3) is 0 Å². The van der Waals surface area contributed by atoms with Crippen LogP contribution in [0.5, 0.6) is 5.75 Å². The number of benzene rings is 1. The first-order valence-corrected chi connectivity index (χ1v) is 6.16. The summed E-state index contributed by atoms with van der Waals surface area (Å²) in [4.78, 5) is 13.3. The zero-order valence-corrected chi connectivity index (χ0v) is 10.7. The lowest BCUT2D eigenvalue weighted by Gasteiger charge is -2.34. The van der Waals surface area contributed by atoms with E-state index in [1.807, 2.05) is 0 Å². The zero-order valence-electron chi connectivity index (χ0n) is 10.7. The number of rotatable bonds is 1. The predicted molar refractivity (Wildman–Crippen MR) is 63.7 cm³/mol. The molecule has 0 radical (unpaired) electrons. The van der Waals surface area contributed by atoms with Crippen LogP contribution < -0.4 is 0 Å². The summed E-state index contributed by atoms with van der Waals surface area (Å²) in [6, 6.07) is 0.433. The van der Waals surface area contributed by atoms with Crippen LogP contribution in [-0.4, -0.2) is 40.2 Å². The number of halogens is 3. The number of carbonyl (C=O) groups excluding carboxylic acids is 1. The number of phenolic OH excluding ortho intramolecular Hbond substituents is 1. The van der Waals surface area contributed by atoms with E-state index in [1.165, 1.54) is 4.90 Å². The Labute approximate surface area is 113 Å². The summed E-state index contributed by atoms with van der Waals surface area (Å²) in [6.07, 6.45) is -0.230. The molecule has 2 unspecified atom stereocenters. The number of hydrogen-bond acceptors (Lipinski definition) is 3. The molecule has 0 saturated carbocycles. The normalized spacial score (nSPS) is 22.9. The molecule has 1 saturated heterocycles. The summed E-state index contributed by atoms with van der Waals surface area (Å²) in [6.45, 7) is 2.09. The second kappa shape index (κ2) is 5.32. The molecule has 20 heavy (non-hydrogen) atoms. The average molecular weight is 289 g/mol. The monoisotopic (exact) mass is 289 g/mol. The van der Waals surface area contributed by atoms with Crippen molar-refractivity contribution in [3.05, 3.63) is 29.1 Å². The molecule has 0 spiro atoms. The van der Waals surface area contributed by atoms with Crippen LogP contribution in [-0.2, 0) is 0 Å². The summed E-state index contributed by atoms with van der Waals surface area (Å²) in [5.74, 6) is -7.23. The zero-order chi connectivity index (χ0) is 15.0. The van der Waals surface area contributed by atoms with Gasteiger partial charge in [-0.05, 0) is 18.4 Å². The van der Waals surface area contributed by atoms with Gasteiger partial charge in [0.05, 0.1) is 11.7 Å². The molecule has 1 aliphatic heterocycles. The topological polar surface area (TPSA) is 60.8 Å². The molecule has 0 aromatic heterocycles. The van der Waals surface area contributed by atoms with Gasteiger partial charge in [0.2, 0.25) is 5.82 Å². The van der Waals surface area contributed by atoms with E-state index >= 15 is 0 Å². The fraction of sp³-hybridized carbons (Fsp3) is 0.462. The minimum atomic E-state index is -1.72. The Balaban J connectivity index is 2.30. The van der Waals surface area contributed by atoms with Crippen molar-refractivity contribution in [3.63, 3.8) is 0 Å². The summed E-state index contributed by atoms with van der Waals surface area (Å²) in [5, 5.41) is 18.7. The molecule has 1 aliphatic rings. The van der Waals surface area contributed by atoms with Gasteiger partial charge < -0.3 is 15.1 Å². The lowest BCUT2D eigenvalue weighted by atomic mass is 9.96. The largest absolute Gasteiger partial charge is 0.503 e. The van der Waals surface area contributed by atoms with E-state index < -0.39 is 40.8 Å². The van der Waals surface area contributed by atoms with E-state index in [-0.39, 0.29) is 19.0 Å². The van der Waals surface area contributed by atoms with Crippen molar-refractivity contribution in [1.29, 1.82) is 0 Å². The van der Waals surface area contributed by atoms with Crippen molar-refractivity contribution in [3.8, 4) is 5.75 Å². The molecule has 7 heteroatoms. The third kappa shape index (κ3) is 2.45. The van der Waals surface area contributed by atoms with Gasteiger partial charge in [-0.25, -0.2) is 8.78 Å². The van der Waals surface area contributed by atoms with Gasteiger partial charge in [0.15, 0.2) is 17.4 Å². The standard InChI is InChI=1S/C13H14F3NO3/c1-6-5-17(3-2-9(6)18)13(20)7-4-8(14)11(16)12(19)10(7)15/h4,6,9,18-19H,2-3,5H2,1H3. The van der Waals surface area contributed by atoms with E-state index in [1.54, 1.807) is 6.92 Å². The van der Waals surface area contributed by atoms with Gasteiger partial charge in [-0.1, -0.05) is 6.92 Å². The average Bonchev–Trinajstić information content (AvgIpc) is 2.43. The molecule has 2 rings (SSSR count). The number of carbonyl (C=O) groups is 1. The van der Waals surface area contributed by atoms with E-state index in [2.05, 4.69) is 0 Å². The molecule has 1 aromatic rings. The van der Waals surface area contributed by atoms with Gasteiger partial charge in [-0.2, -0.15) is 4.39 Å². The van der Waals surface area contributed by atoms with Crippen LogP contribution in [0.3, 0.4) is 0 Å². The molecule has 0 bridgehead atoms. The van der Waals surface area contributed by atoms with E-state index in [4.69, 9.17) is 5.11 Å². The van der Waals surface area contributed by atoms with Gasteiger partial charge in [-0.15, -0.1) is 0 Å². The number of nitrogens with zero attached hydrogens (tertiary/aromatic N) is 1. The van der Waals surface area contributed by atoms with Crippen molar-refractivity contribution in [1.82, 2.24) is 4.90 Å². The van der Waals surface area contributed by atoms with Gasteiger partial charge in [-0.3, -0.25) is 4.79 Å². The maximum Gasteiger partial charge on any atom is 0.257 e. The van der Waals surface area contributed by atoms with Crippen molar-refractivity contribution in [2.75, 3.05) is 13.1 Å². The van der Waals surface area contributed by atoms with E-state index in [0.29, 0.717) is 12.5 Å². The third-order valence-electron chi connectivity index (χ3n) is 3.51. The number of hydrogen-bond donors (Lipinski definition) is 2. The number of aliphatic hydroxyl groups excluding tert-OH is 1. The highest BCUT2D eigenvalue weighted by molar-refractivity contribution is 5.95. The molecule has 1 aromatic carbocycles. The number of amides is 1. The molecule has 0 aliphatic carbocycles. The van der Waals surface area contributed by atoms with Crippen molar-refractivity contribution >= 4 is 5.91 Å². The lowest BCUT2D eigenvalue weighted by molar-refractivity contribution is 0.0294. The quantitative estimate of drug-likeness (QED) is 0.773. The number of piperidine rings is 1. The van der Waals surface area contributed by atoms with Crippen LogP contribution >= 0.6 is 0 Å². The Morgan fingerprint density at radius 3 is 2.60 bits per heavy atom. The molecule has 110 valence electrons. The molecular weight excluding hydrogens is 275 g/mol.